The number of carbonyl (C=O) groups excluding carboxylic acids is 2. The van der Waals surface area contributed by atoms with Crippen LogP contribution in [-0.2, 0) is 4.79 Å². The zero-order chi connectivity index (χ0) is 14.2. The molecule has 19 heavy (non-hydrogen) atoms. The van der Waals surface area contributed by atoms with Crippen LogP contribution in [0.15, 0.2) is 17.0 Å². The number of hydrogen-bond acceptors (Lipinski definition) is 4. The minimum Gasteiger partial charge on any atom is -0.506 e. The van der Waals surface area contributed by atoms with E-state index in [-0.39, 0.29) is 16.9 Å². The van der Waals surface area contributed by atoms with Gasteiger partial charge in [0.1, 0.15) is 5.75 Å². The summed E-state index contributed by atoms with van der Waals surface area (Å²) in [4.78, 5) is 25.1. The predicted octanol–water partition coefficient (Wildman–Crippen LogP) is 3.66. The molecule has 7 heteroatoms. The zero-order valence-electron chi connectivity index (χ0n) is 9.81. The summed E-state index contributed by atoms with van der Waals surface area (Å²) < 4.78 is 1.67. The van der Waals surface area contributed by atoms with E-state index in [1.54, 1.807) is 19.1 Å². The number of phenols is 1. The Morgan fingerprint density at radius 2 is 2.05 bits per heavy atom. The molecule has 1 saturated heterocycles. The predicted molar refractivity (Wildman–Crippen MR) is 91.9 cm³/mol. The van der Waals surface area contributed by atoms with E-state index in [2.05, 4.69) is 22.6 Å². The molecule has 0 atom stereocenters. The van der Waals surface area contributed by atoms with Crippen LogP contribution >= 0.6 is 56.9 Å². The topological polar surface area (TPSA) is 57.6 Å². The average molecular weight is 501 g/mol. The molecule has 1 heterocycles. The lowest BCUT2D eigenvalue weighted by Crippen LogP contribution is -2.27. The van der Waals surface area contributed by atoms with Crippen LogP contribution in [0.3, 0.4) is 0 Å². The standard InChI is InChI=1S/C12H9I2NO3S/c1-2-15-11(17)9(19-12(15)18)4-6-3-7(13)5-8(14)10(6)16/h3-5,16H,2H2,1H3/b9-4+. The molecular formula is C12H9I2NO3S. The number of aromatic hydroxyl groups is 1. The van der Waals surface area contributed by atoms with Gasteiger partial charge in [0.05, 0.1) is 8.48 Å². The molecule has 1 aliphatic rings. The van der Waals surface area contributed by atoms with E-state index in [1.807, 2.05) is 28.7 Å². The first-order valence-corrected chi connectivity index (χ1v) is 8.34. The number of imide groups is 1. The summed E-state index contributed by atoms with van der Waals surface area (Å²) >= 11 is 5.07. The molecule has 0 saturated carbocycles. The number of thioether (sulfide) groups is 1. The number of nitrogens with zero attached hydrogens (tertiary/aromatic N) is 1. The van der Waals surface area contributed by atoms with Crippen molar-refractivity contribution in [2.75, 3.05) is 6.54 Å². The molecule has 0 unspecified atom stereocenters. The lowest BCUT2D eigenvalue weighted by Gasteiger charge is -2.07. The van der Waals surface area contributed by atoms with Gasteiger partial charge in [-0.3, -0.25) is 14.5 Å². The number of hydrogen-bond donors (Lipinski definition) is 1. The molecule has 4 nitrogen and oxygen atoms in total. The molecule has 0 aliphatic carbocycles. The number of halogens is 2. The van der Waals surface area contributed by atoms with Crippen LogP contribution in [0.25, 0.3) is 6.08 Å². The number of carbonyl (C=O) groups is 2. The number of benzene rings is 1. The molecule has 2 rings (SSSR count). The Morgan fingerprint density at radius 3 is 2.63 bits per heavy atom. The van der Waals surface area contributed by atoms with Gasteiger partial charge in [0, 0.05) is 15.7 Å². The summed E-state index contributed by atoms with van der Waals surface area (Å²) in [5, 5.41) is 9.72. The van der Waals surface area contributed by atoms with Crippen LogP contribution in [0.4, 0.5) is 4.79 Å². The third-order valence-corrected chi connectivity index (χ3v) is 4.89. The summed E-state index contributed by atoms with van der Waals surface area (Å²) in [6.45, 7) is 2.11. The third kappa shape index (κ3) is 3.07. The smallest absolute Gasteiger partial charge is 0.293 e. The molecule has 0 bridgehead atoms. The maximum atomic E-state index is 12.0. The summed E-state index contributed by atoms with van der Waals surface area (Å²) in [5.41, 5.74) is 0.554. The van der Waals surface area contributed by atoms with Crippen LogP contribution < -0.4 is 0 Å². The Kier molecular flexibility index (Phi) is 4.77. The fraction of sp³-hybridized carbons (Fsp3) is 0.167. The van der Waals surface area contributed by atoms with Crippen molar-refractivity contribution in [1.82, 2.24) is 4.90 Å². The fourth-order valence-electron chi connectivity index (χ4n) is 1.61. The zero-order valence-corrected chi connectivity index (χ0v) is 14.9. The van der Waals surface area contributed by atoms with Crippen molar-refractivity contribution < 1.29 is 14.7 Å². The highest BCUT2D eigenvalue weighted by atomic mass is 127. The van der Waals surface area contributed by atoms with E-state index >= 15 is 0 Å². The molecule has 1 fully saturated rings. The Labute approximate surface area is 141 Å². The molecule has 2 amide bonds. The highest BCUT2D eigenvalue weighted by molar-refractivity contribution is 14.1. The Bertz CT molecular complexity index is 601. The summed E-state index contributed by atoms with van der Waals surface area (Å²) in [6, 6.07) is 3.61. The van der Waals surface area contributed by atoms with E-state index in [1.165, 1.54) is 4.90 Å². The first kappa shape index (κ1) is 15.1. The number of likely N-dealkylation sites (N-methyl/N-ethyl adjacent to an activating group) is 1. The molecular weight excluding hydrogens is 492 g/mol. The molecule has 1 N–H and O–H groups in total. The SMILES string of the molecule is CCN1C(=O)S/C(=C/c2cc(I)cc(I)c2O)C1=O. The van der Waals surface area contributed by atoms with E-state index in [9.17, 15) is 14.7 Å². The van der Waals surface area contributed by atoms with E-state index in [0.29, 0.717) is 20.6 Å². The molecule has 1 aromatic rings. The second-order valence-electron chi connectivity index (χ2n) is 3.75. The first-order valence-electron chi connectivity index (χ1n) is 5.37. The molecule has 0 spiro atoms. The van der Waals surface area contributed by atoms with Crippen LogP contribution in [0.2, 0.25) is 0 Å². The Balaban J connectivity index is 2.43. The van der Waals surface area contributed by atoms with Crippen molar-refractivity contribution >= 4 is 74.2 Å². The monoisotopic (exact) mass is 501 g/mol. The highest BCUT2D eigenvalue weighted by Gasteiger charge is 2.33. The van der Waals surface area contributed by atoms with Gasteiger partial charge in [0.25, 0.3) is 11.1 Å². The molecule has 1 aromatic carbocycles. The fourth-order valence-corrected chi connectivity index (χ4v) is 4.39. The normalized spacial score (nSPS) is 17.6. The van der Waals surface area contributed by atoms with E-state index in [4.69, 9.17) is 0 Å². The molecule has 0 aromatic heterocycles. The van der Waals surface area contributed by atoms with Crippen LogP contribution in [0, 0.1) is 7.14 Å². The van der Waals surface area contributed by atoms with Gasteiger partial charge < -0.3 is 5.11 Å². The second-order valence-corrected chi connectivity index (χ2v) is 7.15. The quantitative estimate of drug-likeness (QED) is 0.497. The Hall–Kier alpha value is -0.290. The molecule has 0 radical (unpaired) electrons. The minimum absolute atomic E-state index is 0.129. The maximum Gasteiger partial charge on any atom is 0.293 e. The Morgan fingerprint density at radius 1 is 1.37 bits per heavy atom. The van der Waals surface area contributed by atoms with Gasteiger partial charge in [-0.25, -0.2) is 0 Å². The van der Waals surface area contributed by atoms with E-state index in [0.717, 1.165) is 15.3 Å². The van der Waals surface area contributed by atoms with Crippen molar-refractivity contribution in [2.24, 2.45) is 0 Å². The number of rotatable bonds is 2. The van der Waals surface area contributed by atoms with Gasteiger partial charge in [-0.1, -0.05) is 0 Å². The highest BCUT2D eigenvalue weighted by Crippen LogP contribution is 2.35. The van der Waals surface area contributed by atoms with Crippen molar-refractivity contribution in [3.05, 3.63) is 29.7 Å². The lowest BCUT2D eigenvalue weighted by atomic mass is 10.2. The van der Waals surface area contributed by atoms with E-state index < -0.39 is 0 Å². The first-order chi connectivity index (χ1) is 8.93. The van der Waals surface area contributed by atoms with Crippen molar-refractivity contribution in [1.29, 1.82) is 0 Å². The number of phenolic OH excluding ortho intramolecular Hbond substituents is 1. The number of amides is 2. The van der Waals surface area contributed by atoms with Crippen molar-refractivity contribution in [3.63, 3.8) is 0 Å². The van der Waals surface area contributed by atoms with Gasteiger partial charge in [0.15, 0.2) is 0 Å². The average Bonchev–Trinajstić information content (AvgIpc) is 2.60. The summed E-state index contributed by atoms with van der Waals surface area (Å²) in [6.07, 6.45) is 1.57. The van der Waals surface area contributed by atoms with Gasteiger partial charge in [0.2, 0.25) is 0 Å². The summed E-state index contributed by atoms with van der Waals surface area (Å²) in [5.74, 6) is -0.171. The van der Waals surface area contributed by atoms with Crippen LogP contribution in [0.5, 0.6) is 5.75 Å². The largest absolute Gasteiger partial charge is 0.506 e. The molecule has 100 valence electrons. The van der Waals surface area contributed by atoms with Gasteiger partial charge in [-0.2, -0.15) is 0 Å². The second kappa shape index (κ2) is 6.00. The van der Waals surface area contributed by atoms with Crippen molar-refractivity contribution in [2.45, 2.75) is 6.92 Å². The third-order valence-electron chi connectivity index (χ3n) is 2.53. The van der Waals surface area contributed by atoms with Crippen molar-refractivity contribution in [3.8, 4) is 5.75 Å². The van der Waals surface area contributed by atoms with Gasteiger partial charge >= 0.3 is 0 Å². The van der Waals surface area contributed by atoms with Crippen LogP contribution in [-0.4, -0.2) is 27.7 Å². The van der Waals surface area contributed by atoms with Gasteiger partial charge in [-0.15, -0.1) is 0 Å². The maximum absolute atomic E-state index is 12.0. The molecule has 1 aliphatic heterocycles. The lowest BCUT2D eigenvalue weighted by molar-refractivity contribution is -0.122. The van der Waals surface area contributed by atoms with Gasteiger partial charge in [-0.05, 0) is 82.1 Å². The van der Waals surface area contributed by atoms with Crippen LogP contribution in [0.1, 0.15) is 12.5 Å². The summed E-state index contributed by atoms with van der Waals surface area (Å²) in [7, 11) is 0. The minimum atomic E-state index is -0.300.